The van der Waals surface area contributed by atoms with Crippen LogP contribution in [0.2, 0.25) is 0 Å². The van der Waals surface area contributed by atoms with E-state index >= 15 is 0 Å². The molecule has 1 aliphatic heterocycles. The third-order valence-corrected chi connectivity index (χ3v) is 5.54. The highest BCUT2D eigenvalue weighted by Gasteiger charge is 2.25. The van der Waals surface area contributed by atoms with Crippen molar-refractivity contribution in [3.63, 3.8) is 0 Å². The lowest BCUT2D eigenvalue weighted by atomic mass is 10.1. The van der Waals surface area contributed by atoms with Gasteiger partial charge in [-0.05, 0) is 43.5 Å². The van der Waals surface area contributed by atoms with Crippen molar-refractivity contribution in [1.82, 2.24) is 9.55 Å². The van der Waals surface area contributed by atoms with E-state index in [9.17, 15) is 14.4 Å². The van der Waals surface area contributed by atoms with Crippen LogP contribution in [0.4, 0.5) is 11.5 Å². The van der Waals surface area contributed by atoms with E-state index in [-0.39, 0.29) is 30.8 Å². The average Bonchev–Trinajstić information content (AvgIpc) is 3.33. The van der Waals surface area contributed by atoms with Crippen molar-refractivity contribution in [2.45, 2.75) is 45.3 Å². The average molecular weight is 461 g/mol. The normalized spacial score (nSPS) is 15.5. The molecule has 1 fully saturated rings. The van der Waals surface area contributed by atoms with E-state index in [4.69, 9.17) is 19.9 Å². The lowest BCUT2D eigenvalue weighted by Gasteiger charge is -2.24. The number of nitrogens with one attached hydrogen (secondary N) is 1. The first-order valence-corrected chi connectivity index (χ1v) is 11.2. The van der Waals surface area contributed by atoms with Crippen LogP contribution in [0.25, 0.3) is 0 Å². The van der Waals surface area contributed by atoms with Crippen molar-refractivity contribution in [2.75, 3.05) is 44.1 Å². The van der Waals surface area contributed by atoms with Gasteiger partial charge in [0.15, 0.2) is 5.69 Å². The van der Waals surface area contributed by atoms with Crippen LogP contribution < -0.4 is 26.6 Å². The number of nitrogen functional groups attached to an aromatic ring is 1. The van der Waals surface area contributed by atoms with E-state index in [1.54, 1.807) is 24.3 Å². The summed E-state index contributed by atoms with van der Waals surface area (Å²) in [6.07, 6.45) is 3.64. The van der Waals surface area contributed by atoms with Crippen molar-refractivity contribution < 1.29 is 19.0 Å². The molecule has 2 aromatic rings. The SMILES string of the molecule is CCCCn1c(N)c(N(CCOC)C(=O)c2ccc(OC[C@H]3CCCO3)cc2)c(=O)[nH]c1=O. The van der Waals surface area contributed by atoms with E-state index in [2.05, 4.69) is 4.98 Å². The molecule has 2 heterocycles. The number of hydrogen-bond donors (Lipinski definition) is 2. The third-order valence-electron chi connectivity index (χ3n) is 5.54. The minimum absolute atomic E-state index is 0.0434. The van der Waals surface area contributed by atoms with Gasteiger partial charge in [0.1, 0.15) is 18.2 Å². The van der Waals surface area contributed by atoms with Gasteiger partial charge < -0.3 is 19.9 Å². The Morgan fingerprint density at radius 1 is 1.30 bits per heavy atom. The highest BCUT2D eigenvalue weighted by atomic mass is 16.5. The Morgan fingerprint density at radius 2 is 2.06 bits per heavy atom. The van der Waals surface area contributed by atoms with E-state index in [0.29, 0.717) is 30.9 Å². The number of hydrogen-bond acceptors (Lipinski definition) is 7. The van der Waals surface area contributed by atoms with Gasteiger partial charge in [-0.1, -0.05) is 13.3 Å². The molecule has 1 saturated heterocycles. The Hall–Kier alpha value is -3.11. The number of H-pyrrole nitrogens is 1. The third kappa shape index (κ3) is 6.02. The summed E-state index contributed by atoms with van der Waals surface area (Å²) in [6, 6.07) is 6.66. The van der Waals surface area contributed by atoms with Gasteiger partial charge in [0.05, 0.1) is 12.7 Å². The number of methoxy groups -OCH3 is 1. The van der Waals surface area contributed by atoms with Crippen LogP contribution in [0.3, 0.4) is 0 Å². The number of benzene rings is 1. The Kier molecular flexibility index (Phi) is 8.67. The molecule has 0 spiro atoms. The molecule has 1 aliphatic rings. The first kappa shape index (κ1) is 24.5. The molecule has 0 radical (unpaired) electrons. The largest absolute Gasteiger partial charge is 0.491 e. The predicted octanol–water partition coefficient (Wildman–Crippen LogP) is 1.77. The Morgan fingerprint density at radius 3 is 2.70 bits per heavy atom. The molecule has 1 amide bonds. The summed E-state index contributed by atoms with van der Waals surface area (Å²) in [7, 11) is 1.50. The molecule has 10 nitrogen and oxygen atoms in total. The quantitative estimate of drug-likeness (QED) is 0.523. The minimum Gasteiger partial charge on any atom is -0.491 e. The zero-order valence-corrected chi connectivity index (χ0v) is 19.2. The molecule has 0 bridgehead atoms. The van der Waals surface area contributed by atoms with Crippen LogP contribution in [0.1, 0.15) is 43.0 Å². The molecule has 1 atom stereocenters. The molecule has 180 valence electrons. The van der Waals surface area contributed by atoms with E-state index in [1.165, 1.54) is 16.6 Å². The molecule has 0 saturated carbocycles. The molecular formula is C23H32N4O6. The van der Waals surface area contributed by atoms with E-state index in [0.717, 1.165) is 25.9 Å². The monoisotopic (exact) mass is 460 g/mol. The second-order valence-corrected chi connectivity index (χ2v) is 7.92. The first-order chi connectivity index (χ1) is 16.0. The van der Waals surface area contributed by atoms with Crippen LogP contribution in [-0.2, 0) is 16.0 Å². The second kappa shape index (κ2) is 11.7. The fourth-order valence-corrected chi connectivity index (χ4v) is 3.69. The molecule has 3 N–H and O–H groups in total. The topological polar surface area (TPSA) is 129 Å². The zero-order chi connectivity index (χ0) is 23.8. The standard InChI is InChI=1S/C23H32N4O6/c1-3-4-11-27-20(24)19(21(28)25-23(27)30)26(12-14-31-2)22(29)16-7-9-17(10-8-16)33-15-18-6-5-13-32-18/h7-10,18H,3-6,11-15,24H2,1-2H3,(H,25,28,30)/t18-/m1/s1. The zero-order valence-electron chi connectivity index (χ0n) is 19.2. The van der Waals surface area contributed by atoms with Crippen LogP contribution in [0.5, 0.6) is 5.75 Å². The molecule has 33 heavy (non-hydrogen) atoms. The maximum atomic E-state index is 13.4. The summed E-state index contributed by atoms with van der Waals surface area (Å²) in [5.41, 5.74) is 5.19. The van der Waals surface area contributed by atoms with Gasteiger partial charge >= 0.3 is 5.69 Å². The Labute approximate surface area is 192 Å². The second-order valence-electron chi connectivity index (χ2n) is 7.92. The van der Waals surface area contributed by atoms with E-state index in [1.807, 2.05) is 6.92 Å². The number of nitrogens with two attached hydrogens (primary N) is 1. The van der Waals surface area contributed by atoms with Gasteiger partial charge in [-0.2, -0.15) is 0 Å². The highest BCUT2D eigenvalue weighted by molar-refractivity contribution is 6.07. The molecule has 1 aromatic heterocycles. The van der Waals surface area contributed by atoms with Crippen molar-refractivity contribution in [1.29, 1.82) is 0 Å². The number of carbonyl (C=O) groups is 1. The van der Waals surface area contributed by atoms with E-state index < -0.39 is 17.2 Å². The number of nitrogens with zero attached hydrogens (tertiary/aromatic N) is 2. The van der Waals surface area contributed by atoms with Crippen molar-refractivity contribution in [2.24, 2.45) is 0 Å². The number of rotatable bonds is 11. The first-order valence-electron chi connectivity index (χ1n) is 11.2. The number of amides is 1. The van der Waals surface area contributed by atoms with Gasteiger partial charge in [0.2, 0.25) is 0 Å². The van der Waals surface area contributed by atoms with Crippen LogP contribution in [-0.4, -0.2) is 55.0 Å². The number of anilines is 2. The summed E-state index contributed by atoms with van der Waals surface area (Å²) >= 11 is 0. The summed E-state index contributed by atoms with van der Waals surface area (Å²) in [5.74, 6) is 0.143. The van der Waals surface area contributed by atoms with Gasteiger partial charge in [0.25, 0.3) is 11.5 Å². The number of carbonyl (C=O) groups excluding carboxylic acids is 1. The maximum Gasteiger partial charge on any atom is 0.330 e. The molecule has 1 aromatic carbocycles. The fourth-order valence-electron chi connectivity index (χ4n) is 3.69. The summed E-state index contributed by atoms with van der Waals surface area (Å²) < 4.78 is 17.7. The fraction of sp³-hybridized carbons (Fsp3) is 0.522. The molecule has 10 heteroatoms. The van der Waals surface area contributed by atoms with Crippen LogP contribution in [0.15, 0.2) is 33.9 Å². The number of ether oxygens (including phenoxy) is 3. The highest BCUT2D eigenvalue weighted by Crippen LogP contribution is 2.22. The Bertz CT molecular complexity index is 1040. The van der Waals surface area contributed by atoms with Crippen molar-refractivity contribution in [3.05, 3.63) is 50.7 Å². The lowest BCUT2D eigenvalue weighted by molar-refractivity contribution is 0.0679. The number of aromatic amines is 1. The van der Waals surface area contributed by atoms with Gasteiger partial charge in [-0.25, -0.2) is 4.79 Å². The molecular weight excluding hydrogens is 428 g/mol. The van der Waals surface area contributed by atoms with Crippen LogP contribution >= 0.6 is 0 Å². The summed E-state index contributed by atoms with van der Waals surface area (Å²) in [6.45, 7) is 3.81. The summed E-state index contributed by atoms with van der Waals surface area (Å²) in [5, 5.41) is 0. The van der Waals surface area contributed by atoms with Gasteiger partial charge in [-0.3, -0.25) is 24.0 Å². The summed E-state index contributed by atoms with van der Waals surface area (Å²) in [4.78, 5) is 41.8. The molecule has 3 rings (SSSR count). The minimum atomic E-state index is -0.716. The lowest BCUT2D eigenvalue weighted by Crippen LogP contribution is -2.42. The predicted molar refractivity (Wildman–Crippen MR) is 125 cm³/mol. The van der Waals surface area contributed by atoms with Gasteiger partial charge in [-0.15, -0.1) is 0 Å². The Balaban J connectivity index is 1.86. The van der Waals surface area contributed by atoms with Crippen LogP contribution in [0, 0.1) is 0 Å². The molecule has 0 unspecified atom stereocenters. The maximum absolute atomic E-state index is 13.4. The molecule has 0 aliphatic carbocycles. The number of aromatic nitrogens is 2. The smallest absolute Gasteiger partial charge is 0.330 e. The number of unbranched alkanes of at least 4 members (excludes halogenated alkanes) is 1. The van der Waals surface area contributed by atoms with Gasteiger partial charge in [0, 0.05) is 32.4 Å². The van der Waals surface area contributed by atoms with Crippen molar-refractivity contribution in [3.8, 4) is 5.75 Å². The van der Waals surface area contributed by atoms with Crippen molar-refractivity contribution >= 4 is 17.4 Å².